The van der Waals surface area contributed by atoms with Crippen LogP contribution in [-0.4, -0.2) is 37.8 Å². The summed E-state index contributed by atoms with van der Waals surface area (Å²) in [5.74, 6) is 0.652. The number of nitrogens with zero attached hydrogens (tertiary/aromatic N) is 1. The second kappa shape index (κ2) is 6.87. The summed E-state index contributed by atoms with van der Waals surface area (Å²) in [6.07, 6.45) is 8.02. The van der Waals surface area contributed by atoms with E-state index < -0.39 is 10.2 Å². The van der Waals surface area contributed by atoms with Crippen LogP contribution in [0.2, 0.25) is 0 Å². The molecule has 3 N–H and O–H groups in total. The van der Waals surface area contributed by atoms with Gasteiger partial charge in [-0.25, -0.2) is 5.14 Å². The van der Waals surface area contributed by atoms with E-state index in [1.54, 1.807) is 0 Å². The van der Waals surface area contributed by atoms with Gasteiger partial charge in [0.1, 0.15) is 0 Å². The van der Waals surface area contributed by atoms with Crippen LogP contribution in [-0.2, 0) is 15.0 Å². The Morgan fingerprint density at radius 1 is 1.10 bits per heavy atom. The molecule has 0 unspecified atom stereocenters. The lowest BCUT2D eigenvalue weighted by Gasteiger charge is -2.30. The van der Waals surface area contributed by atoms with Gasteiger partial charge >= 0.3 is 0 Å². The Balaban J connectivity index is 1.70. The molecule has 2 rings (SSSR count). The number of amides is 1. The van der Waals surface area contributed by atoms with E-state index in [0.717, 1.165) is 12.8 Å². The van der Waals surface area contributed by atoms with Crippen LogP contribution >= 0.6 is 0 Å². The minimum Gasteiger partial charge on any atom is -0.353 e. The molecule has 1 saturated carbocycles. The highest BCUT2D eigenvalue weighted by Gasteiger charge is 2.26. The third-order valence-electron chi connectivity index (χ3n) is 4.38. The number of rotatable bonds is 4. The molecule has 1 aliphatic heterocycles. The Kier molecular flexibility index (Phi) is 5.40. The predicted molar refractivity (Wildman–Crippen MR) is 77.0 cm³/mol. The van der Waals surface area contributed by atoms with Crippen molar-refractivity contribution in [3.63, 3.8) is 0 Å². The van der Waals surface area contributed by atoms with Gasteiger partial charge in [-0.05, 0) is 31.6 Å². The third-order valence-corrected chi connectivity index (χ3v) is 5.46. The summed E-state index contributed by atoms with van der Waals surface area (Å²) in [5.41, 5.74) is 0. The minimum atomic E-state index is -3.58. The lowest BCUT2D eigenvalue weighted by atomic mass is 9.86. The maximum absolute atomic E-state index is 12.0. The molecule has 2 fully saturated rings. The summed E-state index contributed by atoms with van der Waals surface area (Å²) in [6.45, 7) is 0.792. The van der Waals surface area contributed by atoms with Crippen molar-refractivity contribution in [2.45, 2.75) is 57.4 Å². The van der Waals surface area contributed by atoms with Crippen molar-refractivity contribution in [3.05, 3.63) is 0 Å². The van der Waals surface area contributed by atoms with Gasteiger partial charge < -0.3 is 5.32 Å². The van der Waals surface area contributed by atoms with Crippen LogP contribution < -0.4 is 10.5 Å². The second-order valence-electron chi connectivity index (χ2n) is 5.99. The van der Waals surface area contributed by atoms with Gasteiger partial charge in [0, 0.05) is 25.6 Å². The minimum absolute atomic E-state index is 0.0871. The Bertz CT molecular complexity index is 424. The second-order valence-corrected chi connectivity index (χ2v) is 7.54. The molecule has 0 aromatic rings. The number of nitrogens with two attached hydrogens (primary N) is 1. The highest BCUT2D eigenvalue weighted by molar-refractivity contribution is 7.86. The molecule has 0 radical (unpaired) electrons. The first-order valence-electron chi connectivity index (χ1n) is 7.52. The van der Waals surface area contributed by atoms with Crippen LogP contribution in [0.15, 0.2) is 0 Å². The van der Waals surface area contributed by atoms with Gasteiger partial charge in [0.2, 0.25) is 5.91 Å². The molecule has 0 aromatic carbocycles. The fourth-order valence-electron chi connectivity index (χ4n) is 3.19. The average molecular weight is 303 g/mol. The van der Waals surface area contributed by atoms with Crippen molar-refractivity contribution in [1.29, 1.82) is 0 Å². The molecule has 1 saturated heterocycles. The molecular formula is C13H25N3O3S. The van der Waals surface area contributed by atoms with E-state index in [1.807, 2.05) is 0 Å². The molecular weight excluding hydrogens is 278 g/mol. The Morgan fingerprint density at radius 3 is 2.25 bits per heavy atom. The zero-order valence-electron chi connectivity index (χ0n) is 11.9. The number of carbonyl (C=O) groups excluding carboxylic acids is 1. The molecule has 0 spiro atoms. The Hall–Kier alpha value is -0.660. The smallest absolute Gasteiger partial charge is 0.276 e. The van der Waals surface area contributed by atoms with Crippen LogP contribution in [0.3, 0.4) is 0 Å². The van der Waals surface area contributed by atoms with Crippen LogP contribution in [0.25, 0.3) is 0 Å². The highest BCUT2D eigenvalue weighted by Crippen LogP contribution is 2.26. The van der Waals surface area contributed by atoms with Gasteiger partial charge in [0.15, 0.2) is 0 Å². The molecule has 7 heteroatoms. The standard InChI is InChI=1S/C13H25N3O3S/c14-20(18,19)16-8-6-12(7-9-16)15-13(17)10-11-4-2-1-3-5-11/h11-12H,1-10H2,(H,15,17)(H2,14,18,19). The summed E-state index contributed by atoms with van der Waals surface area (Å²) in [5, 5.41) is 8.13. The SMILES string of the molecule is NS(=O)(=O)N1CCC(NC(=O)CC2CCCCC2)CC1. The van der Waals surface area contributed by atoms with E-state index in [9.17, 15) is 13.2 Å². The fourth-order valence-corrected chi connectivity index (χ4v) is 3.91. The number of hydrogen-bond donors (Lipinski definition) is 2. The molecule has 0 bridgehead atoms. The van der Waals surface area contributed by atoms with Crippen LogP contribution in [0, 0.1) is 5.92 Å². The predicted octanol–water partition coefficient (Wildman–Crippen LogP) is 0.741. The van der Waals surface area contributed by atoms with E-state index in [4.69, 9.17) is 5.14 Å². The van der Waals surface area contributed by atoms with Crippen LogP contribution in [0.1, 0.15) is 51.4 Å². The summed E-state index contributed by atoms with van der Waals surface area (Å²) >= 11 is 0. The number of nitrogens with one attached hydrogen (secondary N) is 1. The molecule has 1 aliphatic carbocycles. The first-order valence-corrected chi connectivity index (χ1v) is 9.02. The normalized spacial score (nSPS) is 23.6. The molecule has 0 atom stereocenters. The van der Waals surface area contributed by atoms with Gasteiger partial charge in [-0.3, -0.25) is 4.79 Å². The van der Waals surface area contributed by atoms with Gasteiger partial charge in [-0.2, -0.15) is 12.7 Å². The molecule has 1 heterocycles. The van der Waals surface area contributed by atoms with Gasteiger partial charge in [-0.15, -0.1) is 0 Å². The number of hydrogen-bond acceptors (Lipinski definition) is 3. The van der Waals surface area contributed by atoms with Gasteiger partial charge in [0.05, 0.1) is 0 Å². The Labute approximate surface area is 121 Å². The third kappa shape index (κ3) is 4.71. The quantitative estimate of drug-likeness (QED) is 0.802. The first kappa shape index (κ1) is 15.7. The molecule has 1 amide bonds. The van der Waals surface area contributed by atoms with E-state index in [2.05, 4.69) is 5.32 Å². The monoisotopic (exact) mass is 303 g/mol. The average Bonchev–Trinajstić information content (AvgIpc) is 2.39. The Morgan fingerprint density at radius 2 is 1.70 bits per heavy atom. The van der Waals surface area contributed by atoms with Crippen LogP contribution in [0.5, 0.6) is 0 Å². The number of piperidine rings is 1. The molecule has 2 aliphatic rings. The van der Waals surface area contributed by atoms with E-state index in [0.29, 0.717) is 38.3 Å². The first-order chi connectivity index (χ1) is 9.45. The summed E-state index contributed by atoms with van der Waals surface area (Å²) in [6, 6.07) is 0.0871. The van der Waals surface area contributed by atoms with Crippen molar-refractivity contribution in [3.8, 4) is 0 Å². The van der Waals surface area contributed by atoms with Crippen molar-refractivity contribution >= 4 is 16.1 Å². The van der Waals surface area contributed by atoms with E-state index in [1.165, 1.54) is 23.6 Å². The van der Waals surface area contributed by atoms with E-state index in [-0.39, 0.29) is 11.9 Å². The molecule has 20 heavy (non-hydrogen) atoms. The maximum Gasteiger partial charge on any atom is 0.276 e. The van der Waals surface area contributed by atoms with Crippen molar-refractivity contribution in [1.82, 2.24) is 9.62 Å². The molecule has 116 valence electrons. The summed E-state index contributed by atoms with van der Waals surface area (Å²) < 4.78 is 23.7. The fraction of sp³-hybridized carbons (Fsp3) is 0.923. The van der Waals surface area contributed by atoms with Crippen molar-refractivity contribution < 1.29 is 13.2 Å². The zero-order valence-corrected chi connectivity index (χ0v) is 12.7. The van der Waals surface area contributed by atoms with Gasteiger partial charge in [-0.1, -0.05) is 19.3 Å². The van der Waals surface area contributed by atoms with Gasteiger partial charge in [0.25, 0.3) is 10.2 Å². The van der Waals surface area contributed by atoms with E-state index >= 15 is 0 Å². The van der Waals surface area contributed by atoms with Crippen molar-refractivity contribution in [2.24, 2.45) is 11.1 Å². The van der Waals surface area contributed by atoms with Crippen LogP contribution in [0.4, 0.5) is 0 Å². The highest BCUT2D eigenvalue weighted by atomic mass is 32.2. The lowest BCUT2D eigenvalue weighted by molar-refractivity contribution is -0.123. The summed E-state index contributed by atoms with van der Waals surface area (Å²) in [4.78, 5) is 12.0. The summed E-state index contributed by atoms with van der Waals surface area (Å²) in [7, 11) is -3.58. The van der Waals surface area contributed by atoms with Crippen molar-refractivity contribution in [2.75, 3.05) is 13.1 Å². The lowest BCUT2D eigenvalue weighted by Crippen LogP contribution is -2.48. The largest absolute Gasteiger partial charge is 0.353 e. The number of carbonyl (C=O) groups is 1. The zero-order chi connectivity index (χ0) is 14.6. The molecule has 6 nitrogen and oxygen atoms in total. The topological polar surface area (TPSA) is 92.5 Å². The maximum atomic E-state index is 12.0. The molecule has 0 aromatic heterocycles.